The summed E-state index contributed by atoms with van der Waals surface area (Å²) in [5.41, 5.74) is 1.43. The molecule has 0 spiro atoms. The van der Waals surface area contributed by atoms with Crippen LogP contribution in [-0.2, 0) is 0 Å². The fraction of sp³-hybridized carbons (Fsp3) is 0.250. The van der Waals surface area contributed by atoms with Gasteiger partial charge in [0.05, 0.1) is 20.4 Å². The Labute approximate surface area is 99.0 Å². The third-order valence-electron chi connectivity index (χ3n) is 2.56. The average Bonchev–Trinajstić information content (AvgIpc) is 2.90. The van der Waals surface area contributed by atoms with Crippen molar-refractivity contribution in [2.45, 2.75) is 6.10 Å². The molecule has 0 aliphatic heterocycles. The Kier molecular flexibility index (Phi) is 3.30. The summed E-state index contributed by atoms with van der Waals surface area (Å²) in [5.74, 6) is 1.23. The summed E-state index contributed by atoms with van der Waals surface area (Å²) < 4.78 is 10.3. The molecule has 1 aromatic heterocycles. The number of hydrogen-bond acceptors (Lipinski definition) is 4. The Morgan fingerprint density at radius 1 is 1.18 bits per heavy atom. The van der Waals surface area contributed by atoms with Gasteiger partial charge in [-0.15, -0.1) is 0 Å². The minimum absolute atomic E-state index is 0.590. The van der Waals surface area contributed by atoms with E-state index in [0.717, 1.165) is 5.56 Å². The van der Waals surface area contributed by atoms with Gasteiger partial charge in [0.25, 0.3) is 0 Å². The molecular weight excluding hydrogens is 220 g/mol. The molecule has 1 heterocycles. The molecular formula is C12H14N2O3. The molecule has 1 unspecified atom stereocenters. The van der Waals surface area contributed by atoms with Gasteiger partial charge in [-0.2, -0.15) is 5.10 Å². The SMILES string of the molecule is COc1ccc(C(O)c2cn[nH]c2)cc1OC. The molecule has 0 amide bonds. The van der Waals surface area contributed by atoms with Gasteiger partial charge in [0.2, 0.25) is 0 Å². The third kappa shape index (κ3) is 2.24. The van der Waals surface area contributed by atoms with Crippen LogP contribution in [0.3, 0.4) is 0 Å². The lowest BCUT2D eigenvalue weighted by Crippen LogP contribution is -1.99. The lowest BCUT2D eigenvalue weighted by Gasteiger charge is -2.12. The Bertz CT molecular complexity index is 483. The zero-order valence-electron chi connectivity index (χ0n) is 9.68. The molecule has 1 aromatic carbocycles. The van der Waals surface area contributed by atoms with Crippen LogP contribution in [0.5, 0.6) is 11.5 Å². The van der Waals surface area contributed by atoms with Crippen LogP contribution in [0.15, 0.2) is 30.6 Å². The summed E-state index contributed by atoms with van der Waals surface area (Å²) in [5, 5.41) is 16.6. The molecule has 90 valence electrons. The number of H-pyrrole nitrogens is 1. The van der Waals surface area contributed by atoms with E-state index in [0.29, 0.717) is 17.1 Å². The van der Waals surface area contributed by atoms with Crippen molar-refractivity contribution in [3.05, 3.63) is 41.7 Å². The van der Waals surface area contributed by atoms with Gasteiger partial charge in [0.1, 0.15) is 6.10 Å². The van der Waals surface area contributed by atoms with Crippen LogP contribution in [0.2, 0.25) is 0 Å². The minimum Gasteiger partial charge on any atom is -0.493 e. The van der Waals surface area contributed by atoms with Crippen LogP contribution >= 0.6 is 0 Å². The van der Waals surface area contributed by atoms with Crippen molar-refractivity contribution in [2.24, 2.45) is 0 Å². The molecule has 2 aromatic rings. The molecule has 0 aliphatic rings. The van der Waals surface area contributed by atoms with Crippen LogP contribution in [0.25, 0.3) is 0 Å². The van der Waals surface area contributed by atoms with Gasteiger partial charge in [0, 0.05) is 11.8 Å². The third-order valence-corrected chi connectivity index (χ3v) is 2.56. The molecule has 0 bridgehead atoms. The number of hydrogen-bond donors (Lipinski definition) is 2. The first-order chi connectivity index (χ1) is 8.26. The van der Waals surface area contributed by atoms with E-state index in [1.807, 2.05) is 0 Å². The minimum atomic E-state index is -0.728. The number of benzene rings is 1. The smallest absolute Gasteiger partial charge is 0.161 e. The summed E-state index contributed by atoms with van der Waals surface area (Å²) in [7, 11) is 3.13. The van der Waals surface area contributed by atoms with Crippen molar-refractivity contribution in [1.29, 1.82) is 0 Å². The van der Waals surface area contributed by atoms with Crippen molar-refractivity contribution >= 4 is 0 Å². The van der Waals surface area contributed by atoms with E-state index in [1.165, 1.54) is 0 Å². The van der Waals surface area contributed by atoms with Crippen molar-refractivity contribution < 1.29 is 14.6 Å². The monoisotopic (exact) mass is 234 g/mol. The maximum Gasteiger partial charge on any atom is 0.161 e. The summed E-state index contributed by atoms with van der Waals surface area (Å²) >= 11 is 0. The van der Waals surface area contributed by atoms with Crippen LogP contribution in [0.1, 0.15) is 17.2 Å². The lowest BCUT2D eigenvalue weighted by atomic mass is 10.0. The summed E-state index contributed by atoms with van der Waals surface area (Å²) in [4.78, 5) is 0. The molecule has 1 atom stereocenters. The number of nitrogens with one attached hydrogen (secondary N) is 1. The molecule has 0 aliphatic carbocycles. The number of aliphatic hydroxyl groups is 1. The Morgan fingerprint density at radius 2 is 1.94 bits per heavy atom. The van der Waals surface area contributed by atoms with Gasteiger partial charge in [-0.25, -0.2) is 0 Å². The molecule has 0 saturated carbocycles. The number of methoxy groups -OCH3 is 2. The molecule has 2 N–H and O–H groups in total. The van der Waals surface area contributed by atoms with Crippen LogP contribution in [0, 0.1) is 0 Å². The first kappa shape index (κ1) is 11.5. The van der Waals surface area contributed by atoms with Gasteiger partial charge < -0.3 is 14.6 Å². The predicted octanol–water partition coefficient (Wildman–Crippen LogP) is 1.51. The van der Waals surface area contributed by atoms with Crippen LogP contribution < -0.4 is 9.47 Å². The van der Waals surface area contributed by atoms with Gasteiger partial charge in [-0.3, -0.25) is 5.10 Å². The molecule has 5 heteroatoms. The lowest BCUT2D eigenvalue weighted by molar-refractivity contribution is 0.219. The van der Waals surface area contributed by atoms with E-state index in [-0.39, 0.29) is 0 Å². The fourth-order valence-electron chi connectivity index (χ4n) is 1.63. The number of aromatic amines is 1. The first-order valence-electron chi connectivity index (χ1n) is 5.15. The molecule has 17 heavy (non-hydrogen) atoms. The van der Waals surface area contributed by atoms with Crippen LogP contribution in [0.4, 0.5) is 0 Å². The Morgan fingerprint density at radius 3 is 2.53 bits per heavy atom. The molecule has 2 rings (SSSR count). The molecule has 5 nitrogen and oxygen atoms in total. The van der Waals surface area contributed by atoms with Gasteiger partial charge in [-0.05, 0) is 17.7 Å². The van der Waals surface area contributed by atoms with E-state index >= 15 is 0 Å². The summed E-state index contributed by atoms with van der Waals surface area (Å²) in [6, 6.07) is 5.30. The Balaban J connectivity index is 2.33. The maximum atomic E-state index is 10.1. The maximum absolute atomic E-state index is 10.1. The van der Waals surface area contributed by atoms with E-state index in [1.54, 1.807) is 44.8 Å². The topological polar surface area (TPSA) is 67.4 Å². The number of nitrogens with zero attached hydrogens (tertiary/aromatic N) is 1. The summed E-state index contributed by atoms with van der Waals surface area (Å²) in [6.45, 7) is 0. The highest BCUT2D eigenvalue weighted by atomic mass is 16.5. The van der Waals surface area contributed by atoms with Crippen molar-refractivity contribution in [3.8, 4) is 11.5 Å². The van der Waals surface area contributed by atoms with Gasteiger partial charge in [-0.1, -0.05) is 6.07 Å². The molecule has 0 fully saturated rings. The first-order valence-corrected chi connectivity index (χ1v) is 5.15. The van der Waals surface area contributed by atoms with Gasteiger partial charge in [0.15, 0.2) is 11.5 Å². The van der Waals surface area contributed by atoms with E-state index in [4.69, 9.17) is 9.47 Å². The number of aliphatic hydroxyl groups excluding tert-OH is 1. The highest BCUT2D eigenvalue weighted by Crippen LogP contribution is 2.31. The largest absolute Gasteiger partial charge is 0.493 e. The zero-order chi connectivity index (χ0) is 12.3. The summed E-state index contributed by atoms with van der Waals surface area (Å²) in [6.07, 6.45) is 2.51. The Hall–Kier alpha value is -2.01. The normalized spacial score (nSPS) is 12.2. The fourth-order valence-corrected chi connectivity index (χ4v) is 1.63. The highest BCUT2D eigenvalue weighted by molar-refractivity contribution is 5.44. The van der Waals surface area contributed by atoms with Crippen LogP contribution in [-0.4, -0.2) is 29.5 Å². The van der Waals surface area contributed by atoms with Crippen molar-refractivity contribution in [3.63, 3.8) is 0 Å². The van der Waals surface area contributed by atoms with Crippen molar-refractivity contribution in [2.75, 3.05) is 14.2 Å². The van der Waals surface area contributed by atoms with Gasteiger partial charge >= 0.3 is 0 Å². The molecule has 0 radical (unpaired) electrons. The number of ether oxygens (including phenoxy) is 2. The van der Waals surface area contributed by atoms with Crippen molar-refractivity contribution in [1.82, 2.24) is 10.2 Å². The molecule has 0 saturated heterocycles. The van der Waals surface area contributed by atoms with E-state index in [9.17, 15) is 5.11 Å². The highest BCUT2D eigenvalue weighted by Gasteiger charge is 2.14. The van der Waals surface area contributed by atoms with E-state index < -0.39 is 6.10 Å². The second-order valence-electron chi connectivity index (χ2n) is 3.55. The second-order valence-corrected chi connectivity index (χ2v) is 3.55. The van der Waals surface area contributed by atoms with E-state index in [2.05, 4.69) is 10.2 Å². The quantitative estimate of drug-likeness (QED) is 0.841. The average molecular weight is 234 g/mol. The standard InChI is InChI=1S/C12H14N2O3/c1-16-10-4-3-8(5-11(10)17-2)12(15)9-6-13-14-7-9/h3-7,12,15H,1-2H3,(H,13,14). The number of rotatable bonds is 4. The second kappa shape index (κ2) is 4.88. The zero-order valence-corrected chi connectivity index (χ0v) is 9.68. The predicted molar refractivity (Wildman–Crippen MR) is 62.2 cm³/mol. The number of aromatic nitrogens is 2.